The van der Waals surface area contributed by atoms with Crippen molar-refractivity contribution in [2.24, 2.45) is 16.5 Å². The lowest BCUT2D eigenvalue weighted by molar-refractivity contribution is 0.383. The highest BCUT2D eigenvalue weighted by atomic mass is 15.1. The number of likely N-dealkylation sites (N-methyl/N-ethyl adjacent to an activating group) is 1. The van der Waals surface area contributed by atoms with Gasteiger partial charge in [0.1, 0.15) is 0 Å². The standard InChI is InChI=1S/C6H16N4/c1-5(4-10(2)3)9-6(7)8/h5H,4H2,1-3H3,(H4,7,8,9)/t5-/m1/s1. The first-order chi connectivity index (χ1) is 4.52. The molecule has 0 saturated heterocycles. The number of hydrogen-bond acceptors (Lipinski definition) is 2. The molecule has 0 unspecified atom stereocenters. The van der Waals surface area contributed by atoms with Crippen LogP contribution in [0.4, 0.5) is 0 Å². The van der Waals surface area contributed by atoms with E-state index in [0.717, 1.165) is 6.54 Å². The Bertz CT molecular complexity index is 115. The second kappa shape index (κ2) is 4.11. The number of rotatable bonds is 3. The molecule has 0 fully saturated rings. The van der Waals surface area contributed by atoms with Crippen LogP contribution in [-0.2, 0) is 0 Å². The summed E-state index contributed by atoms with van der Waals surface area (Å²) in [5.41, 5.74) is 10.4. The molecule has 0 saturated carbocycles. The molecule has 0 bridgehead atoms. The average molecular weight is 144 g/mol. The van der Waals surface area contributed by atoms with E-state index in [9.17, 15) is 0 Å². The van der Waals surface area contributed by atoms with Crippen molar-refractivity contribution in [2.45, 2.75) is 13.0 Å². The topological polar surface area (TPSA) is 67.6 Å². The molecule has 0 aliphatic heterocycles. The SMILES string of the molecule is C[C@H](CN(C)C)N=C(N)N. The van der Waals surface area contributed by atoms with Crippen LogP contribution in [0.3, 0.4) is 0 Å². The molecule has 0 rings (SSSR count). The van der Waals surface area contributed by atoms with Gasteiger partial charge in [-0.2, -0.15) is 0 Å². The first-order valence-corrected chi connectivity index (χ1v) is 3.26. The van der Waals surface area contributed by atoms with Crippen LogP contribution in [0.2, 0.25) is 0 Å². The lowest BCUT2D eigenvalue weighted by atomic mass is 10.3. The molecule has 0 spiro atoms. The fourth-order valence-corrected chi connectivity index (χ4v) is 0.824. The Hall–Kier alpha value is -0.770. The lowest BCUT2D eigenvalue weighted by Crippen LogP contribution is -2.29. The van der Waals surface area contributed by atoms with Crippen LogP contribution in [0.1, 0.15) is 6.92 Å². The van der Waals surface area contributed by atoms with Crippen LogP contribution in [-0.4, -0.2) is 37.5 Å². The van der Waals surface area contributed by atoms with E-state index in [2.05, 4.69) is 4.99 Å². The fraction of sp³-hybridized carbons (Fsp3) is 0.833. The van der Waals surface area contributed by atoms with Gasteiger partial charge in [-0.1, -0.05) is 0 Å². The summed E-state index contributed by atoms with van der Waals surface area (Å²) in [6.45, 7) is 2.84. The van der Waals surface area contributed by atoms with Gasteiger partial charge in [-0.15, -0.1) is 0 Å². The maximum atomic E-state index is 5.18. The summed E-state index contributed by atoms with van der Waals surface area (Å²) >= 11 is 0. The van der Waals surface area contributed by atoms with E-state index in [1.54, 1.807) is 0 Å². The van der Waals surface area contributed by atoms with Gasteiger partial charge in [0.2, 0.25) is 0 Å². The second-order valence-electron chi connectivity index (χ2n) is 2.67. The largest absolute Gasteiger partial charge is 0.370 e. The zero-order valence-electron chi connectivity index (χ0n) is 6.83. The van der Waals surface area contributed by atoms with Crippen molar-refractivity contribution in [1.29, 1.82) is 0 Å². The van der Waals surface area contributed by atoms with E-state index >= 15 is 0 Å². The van der Waals surface area contributed by atoms with Crippen molar-refractivity contribution in [1.82, 2.24) is 4.90 Å². The Morgan fingerprint density at radius 1 is 1.50 bits per heavy atom. The number of aliphatic imine (C=N–C) groups is 1. The molecule has 0 radical (unpaired) electrons. The first-order valence-electron chi connectivity index (χ1n) is 3.26. The van der Waals surface area contributed by atoms with Gasteiger partial charge >= 0.3 is 0 Å². The maximum absolute atomic E-state index is 5.18. The Balaban J connectivity index is 3.64. The van der Waals surface area contributed by atoms with Crippen LogP contribution in [0.5, 0.6) is 0 Å². The van der Waals surface area contributed by atoms with E-state index in [-0.39, 0.29) is 12.0 Å². The highest BCUT2D eigenvalue weighted by Crippen LogP contribution is 1.89. The van der Waals surface area contributed by atoms with Gasteiger partial charge in [0, 0.05) is 6.54 Å². The quantitative estimate of drug-likeness (QED) is 0.403. The normalized spacial score (nSPS) is 13.2. The molecule has 0 aliphatic rings. The van der Waals surface area contributed by atoms with Gasteiger partial charge in [0.25, 0.3) is 0 Å². The van der Waals surface area contributed by atoms with E-state index < -0.39 is 0 Å². The monoisotopic (exact) mass is 144 g/mol. The first kappa shape index (κ1) is 9.23. The van der Waals surface area contributed by atoms with Crippen LogP contribution in [0, 0.1) is 0 Å². The van der Waals surface area contributed by atoms with Gasteiger partial charge in [-0.05, 0) is 21.0 Å². The summed E-state index contributed by atoms with van der Waals surface area (Å²) in [4.78, 5) is 5.99. The van der Waals surface area contributed by atoms with Crippen molar-refractivity contribution in [3.8, 4) is 0 Å². The predicted molar refractivity (Wildman–Crippen MR) is 43.8 cm³/mol. The zero-order valence-corrected chi connectivity index (χ0v) is 6.83. The number of nitrogens with zero attached hydrogens (tertiary/aromatic N) is 2. The molecule has 60 valence electrons. The van der Waals surface area contributed by atoms with Crippen molar-refractivity contribution in [3.63, 3.8) is 0 Å². The van der Waals surface area contributed by atoms with Gasteiger partial charge in [-0.3, -0.25) is 0 Å². The zero-order chi connectivity index (χ0) is 8.15. The van der Waals surface area contributed by atoms with Gasteiger partial charge < -0.3 is 16.4 Å². The Kier molecular flexibility index (Phi) is 3.79. The Morgan fingerprint density at radius 3 is 2.30 bits per heavy atom. The van der Waals surface area contributed by atoms with E-state index in [0.29, 0.717) is 0 Å². The summed E-state index contributed by atoms with van der Waals surface area (Å²) in [5.74, 6) is 0.161. The fourth-order valence-electron chi connectivity index (χ4n) is 0.824. The molecule has 0 aromatic carbocycles. The van der Waals surface area contributed by atoms with Crippen molar-refractivity contribution >= 4 is 5.96 Å². The Morgan fingerprint density at radius 2 is 2.00 bits per heavy atom. The summed E-state index contributed by atoms with van der Waals surface area (Å²) in [6.07, 6.45) is 0. The molecule has 0 aromatic heterocycles. The minimum atomic E-state index is 0.161. The van der Waals surface area contributed by atoms with E-state index in [1.165, 1.54) is 0 Å². The summed E-state index contributed by atoms with van der Waals surface area (Å²) < 4.78 is 0. The predicted octanol–water partition coefficient (Wildman–Crippen LogP) is -0.790. The summed E-state index contributed by atoms with van der Waals surface area (Å²) in [6, 6.07) is 0.181. The van der Waals surface area contributed by atoms with Crippen LogP contribution < -0.4 is 11.5 Å². The molecule has 0 amide bonds. The summed E-state index contributed by atoms with van der Waals surface area (Å²) in [5, 5.41) is 0. The third-order valence-electron chi connectivity index (χ3n) is 0.999. The highest BCUT2D eigenvalue weighted by molar-refractivity contribution is 5.75. The molecule has 0 aromatic rings. The number of nitrogens with two attached hydrogens (primary N) is 2. The molecule has 0 aliphatic carbocycles. The van der Waals surface area contributed by atoms with Gasteiger partial charge in [0.05, 0.1) is 6.04 Å². The molecule has 4 nitrogen and oxygen atoms in total. The third kappa shape index (κ3) is 5.37. The van der Waals surface area contributed by atoms with Crippen LogP contribution in [0.15, 0.2) is 4.99 Å². The molecule has 4 N–H and O–H groups in total. The molecule has 1 atom stereocenters. The Labute approximate surface area is 61.9 Å². The number of hydrogen-bond donors (Lipinski definition) is 2. The van der Waals surface area contributed by atoms with Crippen molar-refractivity contribution in [2.75, 3.05) is 20.6 Å². The van der Waals surface area contributed by atoms with E-state index in [4.69, 9.17) is 11.5 Å². The number of guanidine groups is 1. The minimum Gasteiger partial charge on any atom is -0.370 e. The van der Waals surface area contributed by atoms with Crippen molar-refractivity contribution < 1.29 is 0 Å². The second-order valence-corrected chi connectivity index (χ2v) is 2.67. The molecule has 4 heteroatoms. The maximum Gasteiger partial charge on any atom is 0.186 e. The van der Waals surface area contributed by atoms with Gasteiger partial charge in [-0.25, -0.2) is 4.99 Å². The van der Waals surface area contributed by atoms with Crippen LogP contribution in [0.25, 0.3) is 0 Å². The van der Waals surface area contributed by atoms with Crippen LogP contribution >= 0.6 is 0 Å². The van der Waals surface area contributed by atoms with E-state index in [1.807, 2.05) is 25.9 Å². The highest BCUT2D eigenvalue weighted by Gasteiger charge is 1.99. The summed E-state index contributed by atoms with van der Waals surface area (Å²) in [7, 11) is 3.97. The van der Waals surface area contributed by atoms with Gasteiger partial charge in [0.15, 0.2) is 5.96 Å². The molecular formula is C6H16N4. The minimum absolute atomic E-state index is 0.161. The molecule has 0 heterocycles. The lowest BCUT2D eigenvalue weighted by Gasteiger charge is -2.12. The third-order valence-corrected chi connectivity index (χ3v) is 0.999. The molecule has 10 heavy (non-hydrogen) atoms. The van der Waals surface area contributed by atoms with Crippen molar-refractivity contribution in [3.05, 3.63) is 0 Å². The molecular weight excluding hydrogens is 128 g/mol. The smallest absolute Gasteiger partial charge is 0.186 e. The average Bonchev–Trinajstić information content (AvgIpc) is 1.58.